The second-order valence-electron chi connectivity index (χ2n) is 4.96. The minimum atomic E-state index is -0.537. The second kappa shape index (κ2) is 9.46. The van der Waals surface area contributed by atoms with Crippen molar-refractivity contribution < 1.29 is 19.1 Å². The van der Waals surface area contributed by atoms with Gasteiger partial charge in [0.25, 0.3) is 0 Å². The number of hydrogen-bond donors (Lipinski definition) is 1. The fraction of sp³-hybridized carbons (Fsp3) is 0.769. The van der Waals surface area contributed by atoms with Crippen LogP contribution in [0.3, 0.4) is 0 Å². The number of aliphatic hydroxyl groups excluding tert-OH is 1. The molecule has 0 aliphatic rings. The van der Waals surface area contributed by atoms with Gasteiger partial charge in [0.2, 0.25) is 0 Å². The molecule has 0 fully saturated rings. The lowest BCUT2D eigenvalue weighted by molar-refractivity contribution is -0.0178. The number of aliphatic hydroxyl groups is 1. The Hall–Kier alpha value is -0.470. The van der Waals surface area contributed by atoms with Gasteiger partial charge in [0, 0.05) is 12.6 Å². The van der Waals surface area contributed by atoms with E-state index in [4.69, 9.17) is 14.0 Å². The summed E-state index contributed by atoms with van der Waals surface area (Å²) in [7, 11) is 1.90. The molecule has 0 saturated heterocycles. The van der Waals surface area contributed by atoms with Crippen molar-refractivity contribution in [1.82, 2.24) is 10.1 Å². The molecule has 1 unspecified atom stereocenters. The molecule has 1 aromatic heterocycles. The molecular formula is C13H23BrN2O4. The van der Waals surface area contributed by atoms with Gasteiger partial charge in [-0.15, -0.1) is 0 Å². The zero-order valence-corrected chi connectivity index (χ0v) is 13.8. The number of likely N-dealkylation sites (N-methyl/N-ethyl adjacent to an activating group) is 1. The van der Waals surface area contributed by atoms with Crippen LogP contribution in [0, 0.1) is 0 Å². The maximum Gasteiger partial charge on any atom is 0.151 e. The standard InChI is InChI=1S/C13H23BrN2O4/c1-10(2)19-5-4-18-9-11(17)7-16(3)8-12-6-13(14)15-20-12/h6,10-11,17H,4-5,7-9H2,1-3H3. The number of halogens is 1. The van der Waals surface area contributed by atoms with Crippen LogP contribution in [0.5, 0.6) is 0 Å². The molecule has 0 radical (unpaired) electrons. The van der Waals surface area contributed by atoms with Crippen LogP contribution >= 0.6 is 15.9 Å². The smallest absolute Gasteiger partial charge is 0.151 e. The molecule has 0 aliphatic heterocycles. The number of rotatable bonds is 10. The minimum absolute atomic E-state index is 0.205. The average Bonchev–Trinajstić information content (AvgIpc) is 2.73. The van der Waals surface area contributed by atoms with Crippen molar-refractivity contribution in [2.75, 3.05) is 33.4 Å². The van der Waals surface area contributed by atoms with Gasteiger partial charge in [-0.1, -0.05) is 5.16 Å². The second-order valence-corrected chi connectivity index (χ2v) is 5.77. The van der Waals surface area contributed by atoms with E-state index < -0.39 is 6.10 Å². The number of ether oxygens (including phenoxy) is 2. The highest BCUT2D eigenvalue weighted by Crippen LogP contribution is 2.11. The molecule has 0 amide bonds. The predicted octanol–water partition coefficient (Wildman–Crippen LogP) is 1.67. The largest absolute Gasteiger partial charge is 0.389 e. The quantitative estimate of drug-likeness (QED) is 0.647. The molecule has 20 heavy (non-hydrogen) atoms. The van der Waals surface area contributed by atoms with Crippen molar-refractivity contribution in [3.63, 3.8) is 0 Å². The van der Waals surface area contributed by atoms with Gasteiger partial charge in [-0.05, 0) is 36.8 Å². The van der Waals surface area contributed by atoms with Gasteiger partial charge in [-0.25, -0.2) is 0 Å². The van der Waals surface area contributed by atoms with Crippen molar-refractivity contribution in [2.45, 2.75) is 32.6 Å². The van der Waals surface area contributed by atoms with E-state index in [9.17, 15) is 5.11 Å². The lowest BCUT2D eigenvalue weighted by Gasteiger charge is -2.19. The summed E-state index contributed by atoms with van der Waals surface area (Å²) < 4.78 is 16.5. The van der Waals surface area contributed by atoms with Crippen molar-refractivity contribution >= 4 is 15.9 Å². The highest BCUT2D eigenvalue weighted by atomic mass is 79.9. The highest BCUT2D eigenvalue weighted by molar-refractivity contribution is 9.10. The van der Waals surface area contributed by atoms with Gasteiger partial charge in [-0.3, -0.25) is 4.90 Å². The zero-order valence-electron chi connectivity index (χ0n) is 12.2. The van der Waals surface area contributed by atoms with Crippen molar-refractivity contribution in [3.8, 4) is 0 Å². The molecule has 0 bridgehead atoms. The van der Waals surface area contributed by atoms with Crippen molar-refractivity contribution in [3.05, 3.63) is 16.4 Å². The summed E-state index contributed by atoms with van der Waals surface area (Å²) in [5.41, 5.74) is 0. The SMILES string of the molecule is CC(C)OCCOCC(O)CN(C)Cc1cc(Br)no1. The Balaban J connectivity index is 2.10. The van der Waals surface area contributed by atoms with Crippen LogP contribution in [0.25, 0.3) is 0 Å². The van der Waals surface area contributed by atoms with Gasteiger partial charge >= 0.3 is 0 Å². The average molecular weight is 351 g/mol. The van der Waals surface area contributed by atoms with E-state index in [1.54, 1.807) is 0 Å². The van der Waals surface area contributed by atoms with E-state index in [1.807, 2.05) is 31.9 Å². The van der Waals surface area contributed by atoms with E-state index in [0.717, 1.165) is 5.76 Å². The third-order valence-corrected chi connectivity index (χ3v) is 2.84. The summed E-state index contributed by atoms with van der Waals surface area (Å²) in [5, 5.41) is 13.6. The first-order chi connectivity index (χ1) is 9.47. The summed E-state index contributed by atoms with van der Waals surface area (Å²) >= 11 is 3.23. The van der Waals surface area contributed by atoms with E-state index in [2.05, 4.69) is 21.1 Å². The molecule has 0 saturated carbocycles. The molecule has 1 heterocycles. The van der Waals surface area contributed by atoms with Crippen molar-refractivity contribution in [1.29, 1.82) is 0 Å². The Morgan fingerprint density at radius 2 is 2.20 bits per heavy atom. The molecule has 0 aromatic carbocycles. The molecule has 7 heteroatoms. The first kappa shape index (κ1) is 17.6. The molecule has 1 rings (SSSR count). The van der Waals surface area contributed by atoms with Crippen LogP contribution in [0.4, 0.5) is 0 Å². The summed E-state index contributed by atoms with van der Waals surface area (Å²) in [5.74, 6) is 0.748. The summed E-state index contributed by atoms with van der Waals surface area (Å²) in [4.78, 5) is 1.95. The lowest BCUT2D eigenvalue weighted by atomic mass is 10.3. The Morgan fingerprint density at radius 3 is 2.80 bits per heavy atom. The molecule has 1 atom stereocenters. The zero-order chi connectivity index (χ0) is 15.0. The third-order valence-electron chi connectivity index (χ3n) is 2.47. The molecular weight excluding hydrogens is 328 g/mol. The highest BCUT2D eigenvalue weighted by Gasteiger charge is 2.11. The summed E-state index contributed by atoms with van der Waals surface area (Å²) in [6.07, 6.45) is -0.332. The van der Waals surface area contributed by atoms with Crippen molar-refractivity contribution in [2.24, 2.45) is 0 Å². The topological polar surface area (TPSA) is 68.0 Å². The molecule has 0 aliphatic carbocycles. The lowest BCUT2D eigenvalue weighted by Crippen LogP contribution is -2.32. The van der Waals surface area contributed by atoms with Crippen LogP contribution < -0.4 is 0 Å². The Kier molecular flexibility index (Phi) is 8.32. The van der Waals surface area contributed by atoms with Crippen LogP contribution in [-0.2, 0) is 16.0 Å². The summed E-state index contributed by atoms with van der Waals surface area (Å²) in [6, 6.07) is 1.81. The van der Waals surface area contributed by atoms with Gasteiger partial charge in [0.15, 0.2) is 5.76 Å². The molecule has 116 valence electrons. The molecule has 6 nitrogen and oxygen atoms in total. The number of hydrogen-bond acceptors (Lipinski definition) is 6. The molecule has 0 spiro atoms. The van der Waals surface area contributed by atoms with Crippen LogP contribution in [0.2, 0.25) is 0 Å². The van der Waals surface area contributed by atoms with E-state index >= 15 is 0 Å². The number of nitrogens with zero attached hydrogens (tertiary/aromatic N) is 2. The molecule has 1 N–H and O–H groups in total. The van der Waals surface area contributed by atoms with E-state index in [1.165, 1.54) is 0 Å². The van der Waals surface area contributed by atoms with E-state index in [-0.39, 0.29) is 6.10 Å². The first-order valence-corrected chi connectivity index (χ1v) is 7.43. The molecule has 1 aromatic rings. The number of aromatic nitrogens is 1. The Morgan fingerprint density at radius 1 is 1.45 bits per heavy atom. The van der Waals surface area contributed by atoms with Crippen LogP contribution in [-0.4, -0.2) is 60.8 Å². The monoisotopic (exact) mass is 350 g/mol. The normalized spacial score (nSPS) is 13.3. The first-order valence-electron chi connectivity index (χ1n) is 6.64. The van der Waals surface area contributed by atoms with Gasteiger partial charge in [0.1, 0.15) is 4.60 Å². The van der Waals surface area contributed by atoms with Gasteiger partial charge < -0.3 is 19.1 Å². The Bertz CT molecular complexity index is 373. The maximum absolute atomic E-state index is 9.85. The van der Waals surface area contributed by atoms with Gasteiger partial charge in [0.05, 0.1) is 38.6 Å². The fourth-order valence-corrected chi connectivity index (χ4v) is 2.00. The fourth-order valence-electron chi connectivity index (χ4n) is 1.67. The van der Waals surface area contributed by atoms with Gasteiger partial charge in [-0.2, -0.15) is 0 Å². The van der Waals surface area contributed by atoms with E-state index in [0.29, 0.717) is 37.5 Å². The summed E-state index contributed by atoms with van der Waals surface area (Å²) in [6.45, 7) is 6.39. The minimum Gasteiger partial charge on any atom is -0.389 e. The maximum atomic E-state index is 9.85. The Labute approximate surface area is 128 Å². The predicted molar refractivity (Wildman–Crippen MR) is 78.5 cm³/mol. The third kappa shape index (κ3) is 7.96. The van der Waals surface area contributed by atoms with Crippen LogP contribution in [0.15, 0.2) is 15.2 Å². The van der Waals surface area contributed by atoms with Crippen LogP contribution in [0.1, 0.15) is 19.6 Å².